The molecule has 0 atom stereocenters. The van der Waals surface area contributed by atoms with Gasteiger partial charge in [-0.25, -0.2) is 4.98 Å². The van der Waals surface area contributed by atoms with Gasteiger partial charge >= 0.3 is 0 Å². The number of hydrogen-bond donors (Lipinski definition) is 0. The van der Waals surface area contributed by atoms with E-state index in [-0.39, 0.29) is 11.2 Å². The largest absolute Gasteiger partial charge is 0.279 e. The maximum absolute atomic E-state index is 11.0. The second-order valence-corrected chi connectivity index (χ2v) is 5.67. The molecule has 0 aliphatic heterocycles. The zero-order valence-electron chi connectivity index (χ0n) is 9.66. The Morgan fingerprint density at radius 1 is 1.35 bits per heavy atom. The van der Waals surface area contributed by atoms with E-state index in [1.807, 2.05) is 20.8 Å². The average molecular weight is 272 g/mol. The number of nitroso groups, excluding NO2 is 1. The molecule has 0 saturated carbocycles. The first-order valence-corrected chi connectivity index (χ1v) is 5.81. The molecule has 0 fully saturated rings. The molecule has 2 rings (SSSR count). The van der Waals surface area contributed by atoms with Crippen LogP contribution in [0.15, 0.2) is 17.4 Å². The van der Waals surface area contributed by atoms with Crippen LogP contribution in [0.25, 0.3) is 5.65 Å². The number of halogens is 2. The summed E-state index contributed by atoms with van der Waals surface area (Å²) in [5, 5.41) is 3.88. The quantitative estimate of drug-likeness (QED) is 0.725. The van der Waals surface area contributed by atoms with E-state index >= 15 is 0 Å². The van der Waals surface area contributed by atoms with Crippen molar-refractivity contribution in [2.45, 2.75) is 26.2 Å². The van der Waals surface area contributed by atoms with Crippen molar-refractivity contribution in [2.24, 2.45) is 5.18 Å². The molecular weight excluding hydrogens is 261 g/mol. The maximum atomic E-state index is 11.0. The van der Waals surface area contributed by atoms with Crippen LogP contribution in [-0.4, -0.2) is 9.38 Å². The first-order valence-electron chi connectivity index (χ1n) is 5.05. The summed E-state index contributed by atoms with van der Waals surface area (Å²) in [6.45, 7) is 5.87. The summed E-state index contributed by atoms with van der Waals surface area (Å²) in [6, 6.07) is 1.59. The Kier molecular flexibility index (Phi) is 2.87. The van der Waals surface area contributed by atoms with Crippen molar-refractivity contribution in [3.63, 3.8) is 0 Å². The maximum Gasteiger partial charge on any atom is 0.205 e. The molecule has 0 aromatic carbocycles. The van der Waals surface area contributed by atoms with E-state index in [0.717, 1.165) is 0 Å². The normalized spacial score (nSPS) is 12.1. The van der Waals surface area contributed by atoms with Crippen LogP contribution in [0, 0.1) is 4.91 Å². The number of pyridine rings is 1. The second kappa shape index (κ2) is 3.96. The lowest BCUT2D eigenvalue weighted by atomic mass is 9.92. The molecule has 0 aliphatic rings. The molecule has 0 spiro atoms. The molecule has 90 valence electrons. The fourth-order valence-corrected chi connectivity index (χ4v) is 2.16. The van der Waals surface area contributed by atoms with Crippen LogP contribution >= 0.6 is 23.2 Å². The van der Waals surface area contributed by atoms with E-state index < -0.39 is 0 Å². The van der Waals surface area contributed by atoms with Gasteiger partial charge in [0.15, 0.2) is 5.65 Å². The minimum atomic E-state index is -0.287. The summed E-state index contributed by atoms with van der Waals surface area (Å²) in [7, 11) is 0. The van der Waals surface area contributed by atoms with Crippen molar-refractivity contribution in [1.82, 2.24) is 9.38 Å². The van der Waals surface area contributed by atoms with Crippen molar-refractivity contribution in [2.75, 3.05) is 0 Å². The van der Waals surface area contributed by atoms with Gasteiger partial charge in [-0.1, -0.05) is 44.0 Å². The Morgan fingerprint density at radius 3 is 2.53 bits per heavy atom. The van der Waals surface area contributed by atoms with E-state index in [1.165, 1.54) is 4.40 Å². The molecule has 0 N–H and O–H groups in total. The Bertz CT molecular complexity index is 599. The average Bonchev–Trinajstić information content (AvgIpc) is 2.55. The highest BCUT2D eigenvalue weighted by Gasteiger charge is 2.25. The standard InChI is InChI=1S/C11H11Cl2N3O/c1-11(2,3)8-10(15-17)16-5-6(12)4-7(13)9(16)14-8/h4-5H,1-3H3. The van der Waals surface area contributed by atoms with E-state index in [2.05, 4.69) is 10.2 Å². The number of rotatable bonds is 1. The highest BCUT2D eigenvalue weighted by Crippen LogP contribution is 2.34. The zero-order valence-corrected chi connectivity index (χ0v) is 11.2. The Balaban J connectivity index is 2.90. The van der Waals surface area contributed by atoms with E-state index in [0.29, 0.717) is 21.4 Å². The fourth-order valence-electron chi connectivity index (χ4n) is 1.65. The summed E-state index contributed by atoms with van der Waals surface area (Å²) in [5.41, 5.74) is 0.817. The Labute approximate surface area is 109 Å². The van der Waals surface area contributed by atoms with Gasteiger partial charge in [0.05, 0.1) is 15.7 Å². The summed E-state index contributed by atoms with van der Waals surface area (Å²) < 4.78 is 1.53. The fraction of sp³-hybridized carbons (Fsp3) is 0.364. The molecule has 0 unspecified atom stereocenters. The summed E-state index contributed by atoms with van der Waals surface area (Å²) in [5.74, 6) is 0.247. The third kappa shape index (κ3) is 2.03. The molecule has 2 aromatic heterocycles. The van der Waals surface area contributed by atoms with Gasteiger partial charge in [-0.05, 0) is 11.2 Å². The summed E-state index contributed by atoms with van der Waals surface area (Å²) in [6.07, 6.45) is 1.59. The molecule has 4 nitrogen and oxygen atoms in total. The van der Waals surface area contributed by atoms with Gasteiger partial charge in [0, 0.05) is 11.6 Å². The molecule has 2 heterocycles. The topological polar surface area (TPSA) is 46.7 Å². The van der Waals surface area contributed by atoms with Gasteiger partial charge in [-0.2, -0.15) is 0 Å². The molecule has 2 aromatic rings. The molecule has 0 bridgehead atoms. The van der Waals surface area contributed by atoms with Crippen molar-refractivity contribution in [3.05, 3.63) is 32.9 Å². The van der Waals surface area contributed by atoms with Gasteiger partial charge < -0.3 is 0 Å². The molecule has 0 radical (unpaired) electrons. The Hall–Kier alpha value is -1.13. The SMILES string of the molecule is CC(C)(C)c1nc2c(Cl)cc(Cl)cn2c1N=O. The molecule has 17 heavy (non-hydrogen) atoms. The van der Waals surface area contributed by atoms with Crippen LogP contribution in [0.1, 0.15) is 26.5 Å². The molecule has 6 heteroatoms. The van der Waals surface area contributed by atoms with Crippen LogP contribution in [0.2, 0.25) is 10.0 Å². The van der Waals surface area contributed by atoms with Gasteiger partial charge in [0.1, 0.15) is 0 Å². The highest BCUT2D eigenvalue weighted by molar-refractivity contribution is 6.36. The lowest BCUT2D eigenvalue weighted by Gasteiger charge is -2.14. The number of fused-ring (bicyclic) bond motifs is 1. The third-order valence-corrected chi connectivity index (χ3v) is 2.90. The molecule has 0 aliphatic carbocycles. The van der Waals surface area contributed by atoms with Crippen molar-refractivity contribution in [1.29, 1.82) is 0 Å². The number of nitrogens with zero attached hydrogens (tertiary/aromatic N) is 3. The first kappa shape index (κ1) is 12.3. The van der Waals surface area contributed by atoms with Crippen LogP contribution in [-0.2, 0) is 5.41 Å². The van der Waals surface area contributed by atoms with Crippen LogP contribution < -0.4 is 0 Å². The minimum absolute atomic E-state index is 0.247. The highest BCUT2D eigenvalue weighted by atomic mass is 35.5. The van der Waals surface area contributed by atoms with Gasteiger partial charge in [0.2, 0.25) is 5.82 Å². The minimum Gasteiger partial charge on any atom is -0.279 e. The van der Waals surface area contributed by atoms with E-state index in [4.69, 9.17) is 23.2 Å². The molecule has 0 amide bonds. The summed E-state index contributed by atoms with van der Waals surface area (Å²) in [4.78, 5) is 15.3. The van der Waals surface area contributed by atoms with Gasteiger partial charge in [-0.3, -0.25) is 4.40 Å². The van der Waals surface area contributed by atoms with Crippen molar-refractivity contribution in [3.8, 4) is 0 Å². The van der Waals surface area contributed by atoms with E-state index in [1.54, 1.807) is 12.3 Å². The van der Waals surface area contributed by atoms with Crippen LogP contribution in [0.3, 0.4) is 0 Å². The Morgan fingerprint density at radius 2 is 2.00 bits per heavy atom. The van der Waals surface area contributed by atoms with Crippen molar-refractivity contribution >= 4 is 34.7 Å². The van der Waals surface area contributed by atoms with Crippen LogP contribution in [0.4, 0.5) is 5.82 Å². The zero-order chi connectivity index (χ0) is 12.8. The number of hydrogen-bond acceptors (Lipinski definition) is 3. The van der Waals surface area contributed by atoms with Gasteiger partial charge in [-0.15, -0.1) is 4.91 Å². The smallest absolute Gasteiger partial charge is 0.205 e. The lowest BCUT2D eigenvalue weighted by molar-refractivity contribution is 0.574. The van der Waals surface area contributed by atoms with Crippen LogP contribution in [0.5, 0.6) is 0 Å². The third-order valence-electron chi connectivity index (χ3n) is 2.41. The second-order valence-electron chi connectivity index (χ2n) is 4.83. The first-order chi connectivity index (χ1) is 7.84. The number of aromatic nitrogens is 2. The number of imidazole rings is 1. The predicted octanol–water partition coefficient (Wildman–Crippen LogP) is 4.34. The van der Waals surface area contributed by atoms with Crippen molar-refractivity contribution < 1.29 is 0 Å². The summed E-state index contributed by atoms with van der Waals surface area (Å²) >= 11 is 11.9. The van der Waals surface area contributed by atoms with Gasteiger partial charge in [0.25, 0.3) is 0 Å². The lowest BCUT2D eigenvalue weighted by Crippen LogP contribution is -2.11. The van der Waals surface area contributed by atoms with E-state index in [9.17, 15) is 4.91 Å². The molecule has 0 saturated heterocycles. The molecular formula is C11H11Cl2N3O. The monoisotopic (exact) mass is 271 g/mol. The predicted molar refractivity (Wildman–Crippen MR) is 69.4 cm³/mol.